The Labute approximate surface area is 226 Å². The lowest BCUT2D eigenvalue weighted by Crippen LogP contribution is -2.48. The number of aliphatic imine (C=N–C) groups is 1. The Hall–Kier alpha value is -3.53. The number of hydrogen-bond donors (Lipinski definition) is 2. The first-order valence-corrected chi connectivity index (χ1v) is 13.9. The van der Waals surface area contributed by atoms with E-state index in [9.17, 15) is 14.5 Å². The monoisotopic (exact) mass is 532 g/mol. The molecule has 38 heavy (non-hydrogen) atoms. The van der Waals surface area contributed by atoms with E-state index in [1.54, 1.807) is 19.2 Å². The molecule has 2 aliphatic rings. The third-order valence-electron chi connectivity index (χ3n) is 7.07. The van der Waals surface area contributed by atoms with Crippen LogP contribution in [0.3, 0.4) is 0 Å². The van der Waals surface area contributed by atoms with Crippen LogP contribution in [0.5, 0.6) is 11.5 Å². The Kier molecular flexibility index (Phi) is 7.87. The lowest BCUT2D eigenvalue weighted by atomic mass is 10.1. The molecule has 198 valence electrons. The number of carbonyl (C=O) groups is 1. The van der Waals surface area contributed by atoms with Crippen LogP contribution in [0.15, 0.2) is 64.5 Å². The topological polar surface area (TPSA) is 100 Å². The number of methoxy groups -OCH3 is 1. The molecule has 0 aliphatic carbocycles. The van der Waals surface area contributed by atoms with Crippen LogP contribution < -0.4 is 9.46 Å². The number of fused-ring (bicyclic) bond motifs is 1. The highest BCUT2D eigenvalue weighted by molar-refractivity contribution is 7.92. The summed E-state index contributed by atoms with van der Waals surface area (Å²) < 4.78 is 21.4. The van der Waals surface area contributed by atoms with E-state index >= 15 is 0 Å². The predicted octanol–water partition coefficient (Wildman–Crippen LogP) is 4.45. The molecule has 3 aromatic rings. The van der Waals surface area contributed by atoms with E-state index in [-0.39, 0.29) is 11.7 Å². The van der Waals surface area contributed by atoms with Gasteiger partial charge in [-0.25, -0.2) is 4.72 Å². The van der Waals surface area contributed by atoms with Crippen molar-refractivity contribution < 1.29 is 19.2 Å². The number of phenols is 1. The van der Waals surface area contributed by atoms with Gasteiger partial charge in [0.25, 0.3) is 5.91 Å². The van der Waals surface area contributed by atoms with Crippen LogP contribution >= 0.6 is 0 Å². The fourth-order valence-corrected chi connectivity index (χ4v) is 5.94. The van der Waals surface area contributed by atoms with Crippen molar-refractivity contribution in [2.75, 3.05) is 38.0 Å². The second-order valence-electron chi connectivity index (χ2n) is 9.58. The number of hydrogen-bond acceptors (Lipinski definition) is 7. The zero-order valence-corrected chi connectivity index (χ0v) is 22.5. The molecule has 1 fully saturated rings. The molecule has 0 spiro atoms. The second kappa shape index (κ2) is 11.5. The third-order valence-corrected chi connectivity index (χ3v) is 8.20. The smallest absolute Gasteiger partial charge is 0.253 e. The molecule has 0 aromatic heterocycles. The van der Waals surface area contributed by atoms with Gasteiger partial charge in [0.1, 0.15) is 28.5 Å². The molecule has 0 bridgehead atoms. The summed E-state index contributed by atoms with van der Waals surface area (Å²) >= 11 is -1.47. The molecule has 1 saturated heterocycles. The molecule has 1 atom stereocenters. The Balaban J connectivity index is 1.19. The van der Waals surface area contributed by atoms with Crippen molar-refractivity contribution in [1.29, 1.82) is 0 Å². The van der Waals surface area contributed by atoms with E-state index in [1.807, 2.05) is 60.5 Å². The first kappa shape index (κ1) is 26.1. The van der Waals surface area contributed by atoms with Gasteiger partial charge in [-0.2, -0.15) is 0 Å². The molecule has 0 saturated carbocycles. The summed E-state index contributed by atoms with van der Waals surface area (Å²) in [5.41, 5.74) is 4.92. The number of aromatic hydroxyl groups is 1. The van der Waals surface area contributed by atoms with Gasteiger partial charge in [-0.05, 0) is 61.2 Å². The Morgan fingerprint density at radius 1 is 1.13 bits per heavy atom. The van der Waals surface area contributed by atoms with Gasteiger partial charge in [-0.15, -0.1) is 0 Å². The minimum atomic E-state index is -1.47. The summed E-state index contributed by atoms with van der Waals surface area (Å²) in [7, 11) is 1.57. The number of amides is 1. The van der Waals surface area contributed by atoms with Crippen molar-refractivity contribution in [2.45, 2.75) is 31.2 Å². The lowest BCUT2D eigenvalue weighted by Gasteiger charge is -2.35. The van der Waals surface area contributed by atoms with E-state index in [0.29, 0.717) is 35.8 Å². The van der Waals surface area contributed by atoms with Crippen LogP contribution in [-0.2, 0) is 24.3 Å². The third kappa shape index (κ3) is 5.65. The van der Waals surface area contributed by atoms with E-state index < -0.39 is 11.4 Å². The first-order valence-electron chi connectivity index (χ1n) is 12.7. The summed E-state index contributed by atoms with van der Waals surface area (Å²) in [6.07, 6.45) is 3.67. The number of phenolic OH excluding ortho intramolecular Hbond substituents is 1. The summed E-state index contributed by atoms with van der Waals surface area (Å²) in [6, 6.07) is 16.6. The lowest BCUT2D eigenvalue weighted by molar-refractivity contribution is 0.0627. The maximum absolute atomic E-state index is 13.2. The van der Waals surface area contributed by atoms with Crippen molar-refractivity contribution in [3.8, 4) is 11.5 Å². The number of anilines is 1. The predicted molar refractivity (Wildman–Crippen MR) is 150 cm³/mol. The van der Waals surface area contributed by atoms with Crippen LogP contribution in [0.4, 0.5) is 11.4 Å². The summed E-state index contributed by atoms with van der Waals surface area (Å²) in [4.78, 5) is 22.4. The molecule has 5 rings (SSSR count). The standard InChI is InChI=1S/C29H32N4O4S/c1-20-17-22(9-11-25(20)31-38(36)27-7-3-5-21-6-4-12-30-28(21)27)29(35)33-15-13-32(14-16-33)19-23-8-10-24(37-2)18-26(23)34/h3,5,7-12,17-18,31,34H,4,6,13-16,19H2,1-2H3. The molecule has 2 N–H and O–H groups in total. The van der Waals surface area contributed by atoms with Crippen LogP contribution in [0.25, 0.3) is 0 Å². The number of nitrogens with zero attached hydrogens (tertiary/aromatic N) is 3. The number of ether oxygens (including phenoxy) is 1. The highest BCUT2D eigenvalue weighted by Gasteiger charge is 2.25. The van der Waals surface area contributed by atoms with Crippen molar-refractivity contribution in [3.05, 3.63) is 76.9 Å². The minimum Gasteiger partial charge on any atom is -0.588 e. The maximum Gasteiger partial charge on any atom is 0.253 e. The quantitative estimate of drug-likeness (QED) is 0.436. The zero-order chi connectivity index (χ0) is 26.6. The average Bonchev–Trinajstić information content (AvgIpc) is 2.94. The SMILES string of the molecule is COc1ccc(CN2CCN(C(=O)c3ccc(N[S+]([O-])c4cccc5c4N=CCC5)c(C)c3)CC2)c(O)c1. The van der Waals surface area contributed by atoms with Crippen molar-refractivity contribution in [3.63, 3.8) is 0 Å². The van der Waals surface area contributed by atoms with Crippen LogP contribution in [0, 0.1) is 6.92 Å². The number of nitrogens with one attached hydrogen (secondary N) is 1. The highest BCUT2D eigenvalue weighted by atomic mass is 32.2. The van der Waals surface area contributed by atoms with Crippen molar-refractivity contribution in [1.82, 2.24) is 9.80 Å². The van der Waals surface area contributed by atoms with Gasteiger partial charge in [-0.1, -0.05) is 18.2 Å². The largest absolute Gasteiger partial charge is 0.588 e. The summed E-state index contributed by atoms with van der Waals surface area (Å²) in [5.74, 6) is 0.824. The first-order chi connectivity index (χ1) is 18.4. The van der Waals surface area contributed by atoms with Gasteiger partial charge in [0.2, 0.25) is 4.90 Å². The fourth-order valence-electron chi connectivity index (χ4n) is 4.84. The minimum absolute atomic E-state index is 0.0146. The van der Waals surface area contributed by atoms with Crippen LogP contribution in [0.1, 0.15) is 33.5 Å². The number of aryl methyl sites for hydroxylation is 2. The molecule has 3 aromatic carbocycles. The summed E-state index contributed by atoms with van der Waals surface area (Å²) in [6.45, 7) is 5.19. The number of carbonyl (C=O) groups excluding carboxylic acids is 1. The van der Waals surface area contributed by atoms with Crippen molar-refractivity contribution in [2.24, 2.45) is 4.99 Å². The molecular weight excluding hydrogens is 500 g/mol. The molecule has 9 heteroatoms. The van der Waals surface area contributed by atoms with Gasteiger partial charge in [-0.3, -0.25) is 14.7 Å². The molecule has 1 unspecified atom stereocenters. The molecule has 2 heterocycles. The number of benzene rings is 3. The van der Waals surface area contributed by atoms with E-state index in [1.165, 1.54) is 0 Å². The van der Waals surface area contributed by atoms with Gasteiger partial charge >= 0.3 is 0 Å². The van der Waals surface area contributed by atoms with Gasteiger partial charge < -0.3 is 19.3 Å². The second-order valence-corrected chi connectivity index (χ2v) is 10.8. The Bertz CT molecular complexity index is 1350. The number of para-hydroxylation sites is 1. The molecule has 1 amide bonds. The van der Waals surface area contributed by atoms with Crippen molar-refractivity contribution >= 4 is 34.9 Å². The van der Waals surface area contributed by atoms with Gasteiger partial charge in [0, 0.05) is 56.1 Å². The van der Waals surface area contributed by atoms with E-state index in [4.69, 9.17) is 4.74 Å². The van der Waals surface area contributed by atoms with Gasteiger partial charge in [0.05, 0.1) is 12.8 Å². The molecule has 0 radical (unpaired) electrons. The maximum atomic E-state index is 13.2. The van der Waals surface area contributed by atoms with Crippen LogP contribution in [0.2, 0.25) is 0 Å². The van der Waals surface area contributed by atoms with E-state index in [0.717, 1.165) is 54.0 Å². The Morgan fingerprint density at radius 2 is 1.95 bits per heavy atom. The zero-order valence-electron chi connectivity index (χ0n) is 21.6. The summed E-state index contributed by atoms with van der Waals surface area (Å²) in [5, 5.41) is 10.3. The average molecular weight is 533 g/mol. The normalized spacial score (nSPS) is 16.1. The number of rotatable bonds is 7. The highest BCUT2D eigenvalue weighted by Crippen LogP contribution is 2.33. The Morgan fingerprint density at radius 3 is 2.68 bits per heavy atom. The molecular formula is C29H32N4O4S. The molecule has 8 nitrogen and oxygen atoms in total. The molecule has 2 aliphatic heterocycles. The van der Waals surface area contributed by atoms with E-state index in [2.05, 4.69) is 14.6 Å². The van der Waals surface area contributed by atoms with Crippen LogP contribution in [-0.4, -0.2) is 64.9 Å². The fraction of sp³-hybridized carbons (Fsp3) is 0.310. The van der Waals surface area contributed by atoms with Gasteiger partial charge in [0.15, 0.2) is 0 Å². The number of piperazine rings is 1.